The fourth-order valence-electron chi connectivity index (χ4n) is 2.07. The van der Waals surface area contributed by atoms with Crippen LogP contribution in [0.2, 0.25) is 0 Å². The van der Waals surface area contributed by atoms with Crippen molar-refractivity contribution in [2.45, 2.75) is 13.0 Å². The van der Waals surface area contributed by atoms with Gasteiger partial charge in [0.15, 0.2) is 5.11 Å². The zero-order valence-electron chi connectivity index (χ0n) is 10.8. The number of hydrogen-bond acceptors (Lipinski definition) is 3. The molecule has 0 bridgehead atoms. The monoisotopic (exact) mass is 418 g/mol. The summed E-state index contributed by atoms with van der Waals surface area (Å²) in [6.07, 6.45) is 0. The number of hydrogen-bond donors (Lipinski definition) is 2. The molecule has 1 aromatic rings. The largest absolute Gasteiger partial charge is 0.466 e. The van der Waals surface area contributed by atoms with Gasteiger partial charge in [-0.25, -0.2) is 4.79 Å². The van der Waals surface area contributed by atoms with E-state index in [2.05, 4.69) is 42.5 Å². The Kier molecular flexibility index (Phi) is 4.82. The molecule has 20 heavy (non-hydrogen) atoms. The molecule has 0 fully saturated rings. The van der Waals surface area contributed by atoms with Crippen LogP contribution in [0.5, 0.6) is 0 Å². The summed E-state index contributed by atoms with van der Waals surface area (Å²) in [4.78, 5) is 12.0. The van der Waals surface area contributed by atoms with E-state index in [-0.39, 0.29) is 12.0 Å². The molecule has 0 saturated heterocycles. The number of thiocarbonyl (C=S) groups is 1. The van der Waals surface area contributed by atoms with Crippen LogP contribution in [0.4, 0.5) is 0 Å². The summed E-state index contributed by atoms with van der Waals surface area (Å²) in [5.74, 6) is -0.383. The zero-order chi connectivity index (χ0) is 14.9. The fraction of sp³-hybridized carbons (Fsp3) is 0.231. The van der Waals surface area contributed by atoms with Crippen molar-refractivity contribution in [1.29, 1.82) is 0 Å². The Morgan fingerprint density at radius 3 is 2.45 bits per heavy atom. The number of carbonyl (C=O) groups excluding carboxylic acids is 1. The van der Waals surface area contributed by atoms with E-state index >= 15 is 0 Å². The summed E-state index contributed by atoms with van der Waals surface area (Å²) in [7, 11) is 1.36. The Morgan fingerprint density at radius 1 is 1.30 bits per heavy atom. The van der Waals surface area contributed by atoms with E-state index in [4.69, 9.17) is 17.0 Å². The van der Waals surface area contributed by atoms with Crippen molar-refractivity contribution in [3.8, 4) is 0 Å². The molecule has 0 spiro atoms. The molecule has 1 atom stereocenters. The fourth-order valence-corrected chi connectivity index (χ4v) is 3.67. The van der Waals surface area contributed by atoms with Crippen molar-refractivity contribution in [3.63, 3.8) is 0 Å². The van der Waals surface area contributed by atoms with Gasteiger partial charge in [-0.15, -0.1) is 0 Å². The minimum atomic E-state index is -0.383. The molecule has 4 nitrogen and oxygen atoms in total. The van der Waals surface area contributed by atoms with Gasteiger partial charge in [-0.3, -0.25) is 0 Å². The number of allylic oxidation sites excluding steroid dienone is 1. The number of ether oxygens (including phenoxy) is 1. The molecule has 1 aliphatic rings. The van der Waals surface area contributed by atoms with Crippen molar-refractivity contribution >= 4 is 55.2 Å². The number of carbonyl (C=O) groups is 1. The van der Waals surface area contributed by atoms with E-state index in [0.29, 0.717) is 16.4 Å². The van der Waals surface area contributed by atoms with Crippen LogP contribution < -0.4 is 10.6 Å². The van der Waals surface area contributed by atoms with Gasteiger partial charge in [-0.05, 0) is 42.9 Å². The van der Waals surface area contributed by atoms with Gasteiger partial charge in [0.1, 0.15) is 0 Å². The average molecular weight is 420 g/mol. The quantitative estimate of drug-likeness (QED) is 0.569. The first kappa shape index (κ1) is 15.5. The molecule has 1 aromatic carbocycles. The van der Waals surface area contributed by atoms with Crippen LogP contribution in [0.25, 0.3) is 0 Å². The summed E-state index contributed by atoms with van der Waals surface area (Å²) in [6.45, 7) is 1.80. The number of halogens is 2. The lowest BCUT2D eigenvalue weighted by molar-refractivity contribution is -0.136. The molecule has 0 unspecified atom stereocenters. The molecule has 106 valence electrons. The Hall–Kier alpha value is -0.920. The summed E-state index contributed by atoms with van der Waals surface area (Å²) in [5.41, 5.74) is 2.13. The molecular formula is C13H12Br2N2O2S. The van der Waals surface area contributed by atoms with Crippen LogP contribution in [0, 0.1) is 0 Å². The maximum Gasteiger partial charge on any atom is 0.337 e. The second-order valence-electron chi connectivity index (χ2n) is 4.26. The maximum absolute atomic E-state index is 12.0. The first-order valence-corrected chi connectivity index (χ1v) is 7.74. The third-order valence-corrected chi connectivity index (χ3v) is 4.03. The van der Waals surface area contributed by atoms with Gasteiger partial charge in [0.25, 0.3) is 0 Å². The zero-order valence-corrected chi connectivity index (χ0v) is 14.8. The molecule has 2 rings (SSSR count). The molecule has 1 aliphatic heterocycles. The first-order valence-electron chi connectivity index (χ1n) is 5.75. The van der Waals surface area contributed by atoms with E-state index < -0.39 is 0 Å². The SMILES string of the molecule is COC(=O)C1=C(C)NC(=S)N[C@H]1c1cc(Br)cc(Br)c1. The highest BCUT2D eigenvalue weighted by Crippen LogP contribution is 2.31. The molecule has 0 aliphatic carbocycles. The predicted molar refractivity (Wildman–Crippen MR) is 88.2 cm³/mol. The minimum absolute atomic E-state index is 0.343. The van der Waals surface area contributed by atoms with Crippen molar-refractivity contribution in [2.24, 2.45) is 0 Å². The van der Waals surface area contributed by atoms with Crippen LogP contribution >= 0.6 is 44.1 Å². The predicted octanol–water partition coefficient (Wildman–Crippen LogP) is 3.18. The van der Waals surface area contributed by atoms with Crippen LogP contribution in [-0.2, 0) is 9.53 Å². The third kappa shape index (κ3) is 3.21. The second kappa shape index (κ2) is 6.24. The Labute approximate surface area is 139 Å². The van der Waals surface area contributed by atoms with Crippen LogP contribution in [0.3, 0.4) is 0 Å². The van der Waals surface area contributed by atoms with Crippen LogP contribution in [-0.4, -0.2) is 18.2 Å². The summed E-state index contributed by atoms with van der Waals surface area (Å²) < 4.78 is 6.69. The molecule has 2 N–H and O–H groups in total. The highest BCUT2D eigenvalue weighted by molar-refractivity contribution is 9.11. The second-order valence-corrected chi connectivity index (χ2v) is 6.50. The average Bonchev–Trinajstić information content (AvgIpc) is 2.35. The van der Waals surface area contributed by atoms with Gasteiger partial charge < -0.3 is 15.4 Å². The van der Waals surface area contributed by atoms with Crippen molar-refractivity contribution in [2.75, 3.05) is 7.11 Å². The minimum Gasteiger partial charge on any atom is -0.466 e. The van der Waals surface area contributed by atoms with E-state index in [1.165, 1.54) is 7.11 Å². The van der Waals surface area contributed by atoms with Crippen molar-refractivity contribution < 1.29 is 9.53 Å². The third-order valence-electron chi connectivity index (χ3n) is 2.89. The number of rotatable bonds is 2. The molecule has 1 heterocycles. The van der Waals surface area contributed by atoms with E-state index in [1.54, 1.807) is 6.92 Å². The van der Waals surface area contributed by atoms with Gasteiger partial charge in [-0.1, -0.05) is 31.9 Å². The van der Waals surface area contributed by atoms with Crippen LogP contribution in [0.1, 0.15) is 18.5 Å². The summed E-state index contributed by atoms with van der Waals surface area (Å²) >= 11 is 12.1. The summed E-state index contributed by atoms with van der Waals surface area (Å²) in [6, 6.07) is 5.46. The highest BCUT2D eigenvalue weighted by atomic mass is 79.9. The molecular weight excluding hydrogens is 408 g/mol. The lowest BCUT2D eigenvalue weighted by atomic mass is 9.96. The Bertz CT molecular complexity index is 596. The molecule has 0 radical (unpaired) electrons. The van der Waals surface area contributed by atoms with Gasteiger partial charge in [0, 0.05) is 14.6 Å². The van der Waals surface area contributed by atoms with Gasteiger partial charge in [0.2, 0.25) is 0 Å². The molecule has 0 saturated carbocycles. The number of esters is 1. The molecule has 0 amide bonds. The van der Waals surface area contributed by atoms with Gasteiger partial charge in [-0.2, -0.15) is 0 Å². The van der Waals surface area contributed by atoms with Crippen molar-refractivity contribution in [3.05, 3.63) is 44.0 Å². The number of benzene rings is 1. The molecule has 7 heteroatoms. The first-order chi connectivity index (χ1) is 9.42. The standard InChI is InChI=1S/C13H12Br2N2O2S/c1-6-10(12(18)19-2)11(17-13(20)16-6)7-3-8(14)5-9(15)4-7/h3-5,11H,1-2H3,(H2,16,17,20)/t11-/m0/s1. The number of nitrogens with one attached hydrogen (secondary N) is 2. The van der Waals surface area contributed by atoms with Gasteiger partial charge >= 0.3 is 5.97 Å². The Morgan fingerprint density at radius 2 is 1.90 bits per heavy atom. The topological polar surface area (TPSA) is 50.4 Å². The lowest BCUT2D eigenvalue weighted by Gasteiger charge is -2.29. The maximum atomic E-state index is 12.0. The van der Waals surface area contributed by atoms with E-state index in [9.17, 15) is 4.79 Å². The highest BCUT2D eigenvalue weighted by Gasteiger charge is 2.30. The molecule has 0 aromatic heterocycles. The van der Waals surface area contributed by atoms with E-state index in [0.717, 1.165) is 14.5 Å². The lowest BCUT2D eigenvalue weighted by Crippen LogP contribution is -2.45. The summed E-state index contributed by atoms with van der Waals surface area (Å²) in [5, 5.41) is 6.53. The van der Waals surface area contributed by atoms with E-state index in [1.807, 2.05) is 18.2 Å². The normalized spacial score (nSPS) is 18.4. The van der Waals surface area contributed by atoms with Crippen molar-refractivity contribution in [1.82, 2.24) is 10.6 Å². The van der Waals surface area contributed by atoms with Gasteiger partial charge in [0.05, 0.1) is 18.7 Å². The smallest absolute Gasteiger partial charge is 0.337 e. The Balaban J connectivity index is 2.53. The van der Waals surface area contributed by atoms with Crippen LogP contribution in [0.15, 0.2) is 38.4 Å². The number of methoxy groups -OCH3 is 1.